The highest BCUT2D eigenvalue weighted by molar-refractivity contribution is 7.99. The molecular weight excluding hydrogens is 270 g/mol. The van der Waals surface area contributed by atoms with E-state index in [1.165, 1.54) is 32.1 Å². The monoisotopic (exact) mass is 291 g/mol. The Kier molecular flexibility index (Phi) is 4.52. The first-order valence-corrected chi connectivity index (χ1v) is 8.31. The number of hydrogen-bond acceptors (Lipinski definition) is 5. The van der Waals surface area contributed by atoms with Crippen molar-refractivity contribution in [1.29, 1.82) is 0 Å². The first kappa shape index (κ1) is 13.8. The third kappa shape index (κ3) is 2.96. The topological polar surface area (TPSA) is 66.5 Å². The molecule has 1 atom stereocenters. The summed E-state index contributed by atoms with van der Waals surface area (Å²) in [7, 11) is 2.07. The highest BCUT2D eigenvalue weighted by Crippen LogP contribution is 2.30. The van der Waals surface area contributed by atoms with E-state index in [4.69, 9.17) is 0 Å². The second-order valence-electron chi connectivity index (χ2n) is 5.38. The molecule has 1 fully saturated rings. The molecule has 1 unspecified atom stereocenters. The van der Waals surface area contributed by atoms with E-state index < -0.39 is 0 Å². The van der Waals surface area contributed by atoms with Crippen LogP contribution in [0.3, 0.4) is 0 Å². The van der Waals surface area contributed by atoms with Crippen molar-refractivity contribution in [3.8, 4) is 0 Å². The Balaban J connectivity index is 1.66. The van der Waals surface area contributed by atoms with Crippen molar-refractivity contribution in [2.24, 2.45) is 5.92 Å². The van der Waals surface area contributed by atoms with Gasteiger partial charge in [0, 0.05) is 11.8 Å². The van der Waals surface area contributed by atoms with Crippen LogP contribution in [0.4, 0.5) is 0 Å². The van der Waals surface area contributed by atoms with Gasteiger partial charge in [-0.2, -0.15) is 0 Å². The zero-order valence-electron chi connectivity index (χ0n) is 11.8. The third-order valence-corrected chi connectivity index (χ3v) is 5.29. The number of aromatic amines is 1. The molecular formula is C14H21N5S. The largest absolute Gasteiger partial charge is 0.341 e. The predicted octanol–water partition coefficient (Wildman–Crippen LogP) is 2.61. The summed E-state index contributed by atoms with van der Waals surface area (Å²) in [4.78, 5) is 15.9. The summed E-state index contributed by atoms with van der Waals surface area (Å²) in [5.41, 5.74) is 1.71. The average molecular weight is 291 g/mol. The lowest BCUT2D eigenvalue weighted by atomic mass is 9.84. The number of nitrogens with one attached hydrogen (secondary N) is 2. The number of fused-ring (bicyclic) bond motifs is 1. The Hall–Kier alpha value is -1.14. The Morgan fingerprint density at radius 3 is 2.95 bits per heavy atom. The van der Waals surface area contributed by atoms with Gasteiger partial charge in [-0.25, -0.2) is 15.0 Å². The maximum absolute atomic E-state index is 4.38. The molecule has 5 nitrogen and oxygen atoms in total. The Labute approximate surface area is 123 Å². The maximum atomic E-state index is 4.38. The average Bonchev–Trinajstić information content (AvgIpc) is 2.98. The molecule has 0 spiro atoms. The van der Waals surface area contributed by atoms with Crippen molar-refractivity contribution < 1.29 is 0 Å². The quantitative estimate of drug-likeness (QED) is 0.655. The van der Waals surface area contributed by atoms with Gasteiger partial charge in [-0.15, -0.1) is 11.8 Å². The highest BCUT2D eigenvalue weighted by atomic mass is 32.2. The molecule has 1 saturated carbocycles. The normalized spacial score (nSPS) is 18.4. The summed E-state index contributed by atoms with van der Waals surface area (Å²) in [6.45, 7) is 0. The second kappa shape index (κ2) is 6.54. The molecule has 0 saturated heterocycles. The van der Waals surface area contributed by atoms with Crippen LogP contribution in [0, 0.1) is 5.92 Å². The molecule has 0 bridgehead atoms. The van der Waals surface area contributed by atoms with Gasteiger partial charge in [-0.1, -0.05) is 19.3 Å². The van der Waals surface area contributed by atoms with Crippen molar-refractivity contribution in [3.63, 3.8) is 0 Å². The van der Waals surface area contributed by atoms with Crippen LogP contribution >= 0.6 is 11.8 Å². The van der Waals surface area contributed by atoms with Crippen LogP contribution in [-0.4, -0.2) is 38.8 Å². The van der Waals surface area contributed by atoms with Crippen LogP contribution < -0.4 is 5.32 Å². The summed E-state index contributed by atoms with van der Waals surface area (Å²) in [6, 6.07) is 0.563. The third-order valence-electron chi connectivity index (χ3n) is 4.18. The van der Waals surface area contributed by atoms with E-state index in [0.717, 1.165) is 27.9 Å². The van der Waals surface area contributed by atoms with Gasteiger partial charge >= 0.3 is 0 Å². The fourth-order valence-electron chi connectivity index (χ4n) is 3.01. The molecule has 2 aromatic rings. The minimum Gasteiger partial charge on any atom is -0.341 e. The van der Waals surface area contributed by atoms with Crippen molar-refractivity contribution in [2.45, 2.75) is 43.2 Å². The Morgan fingerprint density at radius 2 is 2.15 bits per heavy atom. The van der Waals surface area contributed by atoms with E-state index in [2.05, 4.69) is 32.3 Å². The molecule has 6 heteroatoms. The van der Waals surface area contributed by atoms with Crippen LogP contribution in [0.5, 0.6) is 0 Å². The first-order valence-electron chi connectivity index (χ1n) is 7.32. The number of nitrogens with zero attached hydrogens (tertiary/aromatic N) is 3. The van der Waals surface area contributed by atoms with E-state index in [0.29, 0.717) is 6.04 Å². The molecule has 0 radical (unpaired) electrons. The van der Waals surface area contributed by atoms with E-state index in [1.54, 1.807) is 24.4 Å². The van der Waals surface area contributed by atoms with Crippen molar-refractivity contribution >= 4 is 22.9 Å². The van der Waals surface area contributed by atoms with Crippen LogP contribution in [-0.2, 0) is 0 Å². The number of imidazole rings is 1. The number of hydrogen-bond donors (Lipinski definition) is 2. The zero-order valence-corrected chi connectivity index (χ0v) is 12.6. The summed E-state index contributed by atoms with van der Waals surface area (Å²) < 4.78 is 0. The SMILES string of the molecule is CNC(CSc1ncnc2nc[nH]c12)C1CCCCC1. The number of rotatable bonds is 5. The van der Waals surface area contributed by atoms with Gasteiger partial charge in [0.15, 0.2) is 5.65 Å². The van der Waals surface area contributed by atoms with E-state index in [-0.39, 0.29) is 0 Å². The van der Waals surface area contributed by atoms with Gasteiger partial charge in [-0.05, 0) is 25.8 Å². The van der Waals surface area contributed by atoms with E-state index in [9.17, 15) is 0 Å². The first-order chi connectivity index (χ1) is 9.88. The van der Waals surface area contributed by atoms with Gasteiger partial charge in [-0.3, -0.25) is 0 Å². The Bertz CT molecular complexity index is 549. The van der Waals surface area contributed by atoms with Crippen LogP contribution in [0.1, 0.15) is 32.1 Å². The van der Waals surface area contributed by atoms with Crippen LogP contribution in [0.25, 0.3) is 11.2 Å². The highest BCUT2D eigenvalue weighted by Gasteiger charge is 2.22. The number of thioether (sulfide) groups is 1. The zero-order chi connectivity index (χ0) is 13.8. The summed E-state index contributed by atoms with van der Waals surface area (Å²) in [5.74, 6) is 1.85. The molecule has 20 heavy (non-hydrogen) atoms. The molecule has 2 aromatic heterocycles. The predicted molar refractivity (Wildman–Crippen MR) is 81.8 cm³/mol. The summed E-state index contributed by atoms with van der Waals surface area (Å²) >= 11 is 1.80. The molecule has 2 heterocycles. The standard InChI is InChI=1S/C14H21N5S/c1-15-11(10-5-3-2-4-6-10)7-20-14-12-13(17-8-16-12)18-9-19-14/h8-11,15H,2-7H2,1H3,(H,16,17,18,19). The molecule has 0 aromatic carbocycles. The molecule has 0 aliphatic heterocycles. The minimum absolute atomic E-state index is 0.563. The summed E-state index contributed by atoms with van der Waals surface area (Å²) in [6.07, 6.45) is 10.2. The molecule has 108 valence electrons. The molecule has 3 rings (SSSR count). The maximum Gasteiger partial charge on any atom is 0.181 e. The van der Waals surface area contributed by atoms with Crippen molar-refractivity contribution in [3.05, 3.63) is 12.7 Å². The van der Waals surface area contributed by atoms with Gasteiger partial charge in [0.1, 0.15) is 16.9 Å². The van der Waals surface area contributed by atoms with E-state index >= 15 is 0 Å². The van der Waals surface area contributed by atoms with E-state index in [1.807, 2.05) is 0 Å². The van der Waals surface area contributed by atoms with Gasteiger partial charge < -0.3 is 10.3 Å². The number of H-pyrrole nitrogens is 1. The molecule has 1 aliphatic rings. The van der Waals surface area contributed by atoms with Crippen molar-refractivity contribution in [2.75, 3.05) is 12.8 Å². The van der Waals surface area contributed by atoms with Crippen LogP contribution in [0.15, 0.2) is 17.7 Å². The second-order valence-corrected chi connectivity index (χ2v) is 6.39. The Morgan fingerprint density at radius 1 is 1.30 bits per heavy atom. The smallest absolute Gasteiger partial charge is 0.181 e. The summed E-state index contributed by atoms with van der Waals surface area (Å²) in [5, 5.41) is 4.50. The van der Waals surface area contributed by atoms with Gasteiger partial charge in [0.25, 0.3) is 0 Å². The molecule has 1 aliphatic carbocycles. The molecule has 2 N–H and O–H groups in total. The molecule has 0 amide bonds. The number of aromatic nitrogens is 4. The minimum atomic E-state index is 0.563. The van der Waals surface area contributed by atoms with Gasteiger partial charge in [0.05, 0.1) is 6.33 Å². The lowest BCUT2D eigenvalue weighted by molar-refractivity contribution is 0.294. The fraction of sp³-hybridized carbons (Fsp3) is 0.643. The van der Waals surface area contributed by atoms with Crippen molar-refractivity contribution in [1.82, 2.24) is 25.3 Å². The lowest BCUT2D eigenvalue weighted by Crippen LogP contribution is -2.36. The lowest BCUT2D eigenvalue weighted by Gasteiger charge is -2.29. The fourth-order valence-corrected chi connectivity index (χ4v) is 4.21. The van der Waals surface area contributed by atoms with Crippen LogP contribution in [0.2, 0.25) is 0 Å². The van der Waals surface area contributed by atoms with Gasteiger partial charge in [0.2, 0.25) is 0 Å².